The minimum absolute atomic E-state index is 0.275. The second-order valence-electron chi connectivity index (χ2n) is 8.22. The van der Waals surface area contributed by atoms with Crippen molar-refractivity contribution >= 4 is 40.9 Å². The highest BCUT2D eigenvalue weighted by Crippen LogP contribution is 2.53. The quantitative estimate of drug-likeness (QED) is 0.504. The molecule has 2 aliphatic heterocycles. The Kier molecular flexibility index (Phi) is 5.78. The van der Waals surface area contributed by atoms with Crippen LogP contribution in [0.25, 0.3) is 0 Å². The maximum Gasteiger partial charge on any atom is 0.323 e. The molecule has 5 rings (SSSR count). The van der Waals surface area contributed by atoms with Gasteiger partial charge in [-0.3, -0.25) is 24.1 Å². The van der Waals surface area contributed by atoms with Crippen molar-refractivity contribution < 1.29 is 24.2 Å². The van der Waals surface area contributed by atoms with Crippen LogP contribution in [-0.2, 0) is 21.0 Å². The van der Waals surface area contributed by atoms with Crippen LogP contribution < -0.4 is 9.61 Å². The summed E-state index contributed by atoms with van der Waals surface area (Å²) < 4.78 is 6.16. The van der Waals surface area contributed by atoms with Gasteiger partial charge in [0.2, 0.25) is 11.8 Å². The number of aromatic amines is 1. The molecule has 3 atom stereocenters. The first-order valence-corrected chi connectivity index (χ1v) is 12.3. The lowest BCUT2D eigenvalue weighted by Crippen LogP contribution is -2.36. The molecule has 8 nitrogen and oxygen atoms in total. The Labute approximate surface area is 202 Å². The van der Waals surface area contributed by atoms with Crippen LogP contribution in [0.1, 0.15) is 27.5 Å². The number of carboxylic acid groups (broad SMARTS) is 1. The number of ether oxygens (including phenoxy) is 1. The Morgan fingerprint density at radius 1 is 1.12 bits per heavy atom. The van der Waals surface area contributed by atoms with Gasteiger partial charge in [-0.2, -0.15) is 0 Å². The molecule has 0 saturated carbocycles. The molecule has 34 heavy (non-hydrogen) atoms. The largest absolute Gasteiger partial charge is 0.489 e. The number of H-pyrrole nitrogens is 1. The second kappa shape index (κ2) is 8.77. The Hall–Kier alpha value is -3.37. The Bertz CT molecular complexity index is 1360. The van der Waals surface area contributed by atoms with Gasteiger partial charge in [0, 0.05) is 16.4 Å². The van der Waals surface area contributed by atoms with E-state index in [2.05, 4.69) is 4.98 Å². The fourth-order valence-electron chi connectivity index (χ4n) is 4.53. The Balaban J connectivity index is 1.56. The Morgan fingerprint density at radius 3 is 2.68 bits per heavy atom. The number of amides is 2. The van der Waals surface area contributed by atoms with Gasteiger partial charge in [0.25, 0.3) is 0 Å². The van der Waals surface area contributed by atoms with Crippen molar-refractivity contribution in [1.29, 1.82) is 0 Å². The molecule has 1 saturated heterocycles. The molecule has 10 heteroatoms. The van der Waals surface area contributed by atoms with Crippen LogP contribution in [0.3, 0.4) is 0 Å². The first-order valence-electron chi connectivity index (χ1n) is 10.6. The molecule has 2 aliphatic rings. The van der Waals surface area contributed by atoms with Gasteiger partial charge in [0.15, 0.2) is 0 Å². The number of imide groups is 1. The van der Waals surface area contributed by atoms with Gasteiger partial charge in [0.1, 0.15) is 24.2 Å². The van der Waals surface area contributed by atoms with Gasteiger partial charge in [-0.25, -0.2) is 0 Å². The lowest BCUT2D eigenvalue weighted by Gasteiger charge is -2.30. The van der Waals surface area contributed by atoms with Crippen LogP contribution in [0.5, 0.6) is 5.75 Å². The zero-order valence-corrected chi connectivity index (χ0v) is 19.7. The summed E-state index contributed by atoms with van der Waals surface area (Å²) in [5.41, 5.74) is 2.77. The second-order valence-corrected chi connectivity index (χ2v) is 10.4. The monoisotopic (exact) mass is 496 g/mol. The minimum atomic E-state index is -1.26. The van der Waals surface area contributed by atoms with Crippen molar-refractivity contribution in [2.45, 2.75) is 29.7 Å². The van der Waals surface area contributed by atoms with Crippen molar-refractivity contribution in [3.8, 4) is 5.75 Å². The van der Waals surface area contributed by atoms with E-state index in [1.807, 2.05) is 49.4 Å². The van der Waals surface area contributed by atoms with Crippen LogP contribution in [0.4, 0.5) is 0 Å². The molecular weight excluding hydrogens is 476 g/mol. The van der Waals surface area contributed by atoms with E-state index >= 15 is 0 Å². The highest BCUT2D eigenvalue weighted by atomic mass is 32.2. The summed E-state index contributed by atoms with van der Waals surface area (Å²) in [6, 6.07) is 15.2. The summed E-state index contributed by atoms with van der Waals surface area (Å²) in [5.74, 6) is -3.26. The Morgan fingerprint density at radius 2 is 1.91 bits per heavy atom. The molecule has 2 aromatic carbocycles. The fraction of sp³-hybridized carbons (Fsp3) is 0.250. The number of nitrogens with zero attached hydrogens (tertiary/aromatic N) is 1. The molecule has 3 aromatic rings. The number of thiazole rings is 1. The predicted octanol–water partition coefficient (Wildman–Crippen LogP) is 3.00. The standard InChI is InChI=1S/C24H20N2O6S2/c1-12-5-4-6-13(9-12)11-32-15-8-3-2-7-14(15)17-18-20(33-21-19(17)34-24(31)25-21)23(30)26(22(18)29)10-16(27)28/h2-9,17-18,20H,10-11H2,1H3,(H,25,31)(H,27,28)/t17-,18?,20?/m0/s1. The highest BCUT2D eigenvalue weighted by Gasteiger charge is 2.56. The summed E-state index contributed by atoms with van der Waals surface area (Å²) in [5, 5.41) is 8.93. The number of nitrogens with one attached hydrogen (secondary N) is 1. The molecular formula is C24H20N2O6S2. The average molecular weight is 497 g/mol. The van der Waals surface area contributed by atoms with Crippen LogP contribution in [-0.4, -0.2) is 44.6 Å². The fourth-order valence-corrected chi connectivity index (χ4v) is 7.06. The van der Waals surface area contributed by atoms with E-state index in [1.54, 1.807) is 6.07 Å². The molecule has 0 aliphatic carbocycles. The molecule has 3 heterocycles. The number of benzene rings is 2. The van der Waals surface area contributed by atoms with Crippen LogP contribution in [0, 0.1) is 12.8 Å². The number of fused-ring (bicyclic) bond motifs is 2. The van der Waals surface area contributed by atoms with Crippen molar-refractivity contribution in [1.82, 2.24) is 9.88 Å². The predicted molar refractivity (Wildman–Crippen MR) is 126 cm³/mol. The molecule has 174 valence electrons. The van der Waals surface area contributed by atoms with Gasteiger partial charge < -0.3 is 14.8 Å². The molecule has 0 bridgehead atoms. The number of carbonyl (C=O) groups excluding carboxylic acids is 2. The summed E-state index contributed by atoms with van der Waals surface area (Å²) >= 11 is 2.12. The first-order chi connectivity index (χ1) is 16.3. The average Bonchev–Trinajstić information content (AvgIpc) is 3.28. The zero-order valence-electron chi connectivity index (χ0n) is 18.0. The van der Waals surface area contributed by atoms with Gasteiger partial charge in [-0.15, -0.1) is 0 Å². The number of carbonyl (C=O) groups is 3. The zero-order chi connectivity index (χ0) is 24.0. The van der Waals surface area contributed by atoms with Crippen molar-refractivity contribution in [3.05, 3.63) is 79.8 Å². The topological polar surface area (TPSA) is 117 Å². The number of hydrogen-bond donors (Lipinski definition) is 2. The van der Waals surface area contributed by atoms with Crippen LogP contribution in [0.2, 0.25) is 0 Å². The lowest BCUT2D eigenvalue weighted by molar-refractivity contribution is -0.149. The molecule has 2 N–H and O–H groups in total. The van der Waals surface area contributed by atoms with E-state index in [1.165, 1.54) is 0 Å². The first kappa shape index (κ1) is 22.4. The maximum atomic E-state index is 13.3. The number of aliphatic carboxylic acids is 1. The summed E-state index contributed by atoms with van der Waals surface area (Å²) in [4.78, 5) is 53.8. The number of rotatable bonds is 6. The normalized spacial score (nSPS) is 21.3. The summed E-state index contributed by atoms with van der Waals surface area (Å²) in [7, 11) is 0. The maximum absolute atomic E-state index is 13.3. The van der Waals surface area contributed by atoms with Gasteiger partial charge in [0.05, 0.1) is 10.9 Å². The minimum Gasteiger partial charge on any atom is -0.489 e. The van der Waals surface area contributed by atoms with Crippen LogP contribution >= 0.6 is 23.1 Å². The molecule has 2 unspecified atom stereocenters. The van der Waals surface area contributed by atoms with E-state index in [9.17, 15) is 24.3 Å². The molecule has 0 radical (unpaired) electrons. The third-order valence-electron chi connectivity index (χ3n) is 5.94. The molecule has 2 amide bonds. The van der Waals surface area contributed by atoms with Crippen molar-refractivity contribution in [2.75, 3.05) is 6.54 Å². The van der Waals surface area contributed by atoms with E-state index in [-0.39, 0.29) is 4.87 Å². The molecule has 1 aromatic heterocycles. The number of para-hydroxylation sites is 1. The SMILES string of the molecule is Cc1cccc(COc2ccccc2[C@@H]2c3sc(=O)[nH]c3SC3C(=O)N(CC(=O)O)C(=O)C32)c1. The van der Waals surface area contributed by atoms with Gasteiger partial charge in [-0.1, -0.05) is 71.1 Å². The number of thioether (sulfide) groups is 1. The third-order valence-corrected chi connectivity index (χ3v) is 8.34. The highest BCUT2D eigenvalue weighted by molar-refractivity contribution is 8.00. The van der Waals surface area contributed by atoms with E-state index in [0.29, 0.717) is 27.8 Å². The van der Waals surface area contributed by atoms with Gasteiger partial charge in [-0.05, 0) is 18.6 Å². The van der Waals surface area contributed by atoms with E-state index in [4.69, 9.17) is 4.74 Å². The molecule has 1 fully saturated rings. The van der Waals surface area contributed by atoms with Gasteiger partial charge >= 0.3 is 10.8 Å². The summed E-state index contributed by atoms with van der Waals surface area (Å²) in [6.45, 7) is 1.62. The number of likely N-dealkylation sites (tertiary alicyclic amines) is 1. The number of carboxylic acids is 1. The number of aryl methyl sites for hydroxylation is 1. The van der Waals surface area contributed by atoms with Crippen molar-refractivity contribution in [3.63, 3.8) is 0 Å². The van der Waals surface area contributed by atoms with E-state index in [0.717, 1.165) is 39.1 Å². The third kappa shape index (κ3) is 3.92. The van der Waals surface area contributed by atoms with E-state index < -0.39 is 41.4 Å². The summed E-state index contributed by atoms with van der Waals surface area (Å²) in [6.07, 6.45) is 0. The number of hydrogen-bond acceptors (Lipinski definition) is 7. The smallest absolute Gasteiger partial charge is 0.323 e. The van der Waals surface area contributed by atoms with Crippen LogP contribution in [0.15, 0.2) is 58.4 Å². The van der Waals surface area contributed by atoms with Crippen molar-refractivity contribution in [2.24, 2.45) is 5.92 Å². The lowest BCUT2D eigenvalue weighted by atomic mass is 9.82. The molecule has 0 spiro atoms. The number of aromatic nitrogens is 1.